The summed E-state index contributed by atoms with van der Waals surface area (Å²) in [7, 11) is -1.72. The highest BCUT2D eigenvalue weighted by Gasteiger charge is 2.45. The monoisotopic (exact) mass is 238 g/mol. The van der Waals surface area contributed by atoms with Crippen LogP contribution in [0.25, 0.3) is 0 Å². The molecule has 1 saturated heterocycles. The van der Waals surface area contributed by atoms with Crippen LogP contribution in [0, 0.1) is 0 Å². The van der Waals surface area contributed by atoms with Gasteiger partial charge in [0, 0.05) is 29.2 Å². The van der Waals surface area contributed by atoms with Crippen LogP contribution >= 0.6 is 0 Å². The minimum Gasteiger partial charge on any atom is -0.437 e. The summed E-state index contributed by atoms with van der Waals surface area (Å²) < 4.78 is 0. The first kappa shape index (κ1) is 10.7. The molecule has 1 rings (SSSR count). The Bertz CT molecular complexity index is 168. The van der Waals surface area contributed by atoms with Crippen LogP contribution in [-0.4, -0.2) is 49.3 Å². The molecule has 1 unspecified atom stereocenters. The van der Waals surface area contributed by atoms with Crippen molar-refractivity contribution in [2.45, 2.75) is 17.9 Å². The summed E-state index contributed by atoms with van der Waals surface area (Å²) >= 11 is 0. The molecule has 0 aromatic rings. The Labute approximate surface area is 79.0 Å². The molecule has 72 valence electrons. The summed E-state index contributed by atoms with van der Waals surface area (Å²) in [6, 6.07) is 0. The lowest BCUT2D eigenvalue weighted by atomic mass is 10.3. The molecule has 0 aromatic heterocycles. The first-order valence-electron chi connectivity index (χ1n) is 4.18. The summed E-state index contributed by atoms with van der Waals surface area (Å²) in [6.07, 6.45) is 0.393. The highest BCUT2D eigenvalue weighted by Crippen LogP contribution is 2.10. The van der Waals surface area contributed by atoms with Crippen molar-refractivity contribution in [1.82, 2.24) is 0 Å². The van der Waals surface area contributed by atoms with Crippen LogP contribution in [-0.2, 0) is 0 Å². The van der Waals surface area contributed by atoms with Crippen LogP contribution in [0.1, 0.15) is 6.42 Å². The van der Waals surface area contributed by atoms with E-state index in [2.05, 4.69) is 0 Å². The smallest absolute Gasteiger partial charge is 0.159 e. The summed E-state index contributed by atoms with van der Waals surface area (Å²) in [5.74, 6) is -1.18. The van der Waals surface area contributed by atoms with E-state index in [0.717, 1.165) is 0 Å². The van der Waals surface area contributed by atoms with E-state index < -0.39 is 13.1 Å². The van der Waals surface area contributed by atoms with E-state index in [1.807, 2.05) is 0 Å². The van der Waals surface area contributed by atoms with Gasteiger partial charge in [0.05, 0.1) is 0 Å². The van der Waals surface area contributed by atoms with E-state index in [4.69, 9.17) is 22.9 Å². The lowest BCUT2D eigenvalue weighted by Gasteiger charge is -2.40. The Morgan fingerprint density at radius 1 is 1.33 bits per heavy atom. The highest BCUT2D eigenvalue weighted by molar-refractivity contribution is 7.85. The minimum atomic E-state index is -1.83. The second-order valence-corrected chi connectivity index (χ2v) is 39.4. The van der Waals surface area contributed by atoms with Crippen LogP contribution in [0.4, 0.5) is 0 Å². The molecule has 0 bridgehead atoms. The van der Waals surface area contributed by atoms with Crippen molar-refractivity contribution in [2.24, 2.45) is 22.9 Å². The SMILES string of the molecule is NC(CC(N)(N)N)[Si]1(O)[SiH2][SiH2][SiH2]1. The third kappa shape index (κ3) is 2.58. The van der Waals surface area contributed by atoms with Crippen molar-refractivity contribution >= 4 is 33.0 Å². The Kier molecular flexibility index (Phi) is 3.07. The van der Waals surface area contributed by atoms with Crippen LogP contribution in [0.5, 0.6) is 0 Å². The van der Waals surface area contributed by atoms with Gasteiger partial charge in [0.1, 0.15) is 5.79 Å². The van der Waals surface area contributed by atoms with Gasteiger partial charge >= 0.3 is 0 Å². The van der Waals surface area contributed by atoms with Crippen molar-refractivity contribution in [2.75, 3.05) is 0 Å². The van der Waals surface area contributed by atoms with Gasteiger partial charge in [0.2, 0.25) is 0 Å². The molecule has 1 atom stereocenters. The largest absolute Gasteiger partial charge is 0.437 e. The predicted molar refractivity (Wildman–Crippen MR) is 61.5 cm³/mol. The molecule has 9 N–H and O–H groups in total. The second-order valence-electron chi connectivity index (χ2n) is 3.88. The first-order valence-corrected chi connectivity index (χ1v) is 18.9. The molecule has 0 amide bonds. The fourth-order valence-corrected chi connectivity index (χ4v) is 55.8. The van der Waals surface area contributed by atoms with E-state index in [0.29, 0.717) is 15.0 Å². The molecule has 9 heteroatoms. The number of hydrogen-bond donors (Lipinski definition) is 5. The molecule has 1 heterocycles. The zero-order valence-electron chi connectivity index (χ0n) is 7.16. The van der Waals surface area contributed by atoms with Gasteiger partial charge in [-0.15, -0.1) is 0 Å². The summed E-state index contributed by atoms with van der Waals surface area (Å²) in [4.78, 5) is 10.0. The maximum absolute atomic E-state index is 10.0. The van der Waals surface area contributed by atoms with E-state index in [9.17, 15) is 4.80 Å². The summed E-state index contributed by atoms with van der Waals surface area (Å²) in [5.41, 5.74) is 22.1. The molecule has 0 aromatic carbocycles. The van der Waals surface area contributed by atoms with Gasteiger partial charge in [0.15, 0.2) is 7.35 Å². The second kappa shape index (κ2) is 3.43. The molecule has 1 aliphatic heterocycles. The Balaban J connectivity index is 2.42. The van der Waals surface area contributed by atoms with E-state index in [-0.39, 0.29) is 22.8 Å². The molecule has 0 saturated carbocycles. The zero-order valence-corrected chi connectivity index (χ0v) is 12.4. The van der Waals surface area contributed by atoms with Crippen LogP contribution in [0.3, 0.4) is 0 Å². The van der Waals surface area contributed by atoms with Gasteiger partial charge in [-0.25, -0.2) is 0 Å². The molecule has 0 aliphatic carbocycles. The molecule has 12 heavy (non-hydrogen) atoms. The minimum absolute atomic E-state index is 0.0905. The third-order valence-corrected chi connectivity index (χ3v) is 77.1. The highest BCUT2D eigenvalue weighted by atomic mass is 30.1. The summed E-state index contributed by atoms with van der Waals surface area (Å²) in [5, 5.41) is 0. The third-order valence-electron chi connectivity index (χ3n) is 2.48. The quantitative estimate of drug-likeness (QED) is 0.247. The summed E-state index contributed by atoms with van der Waals surface area (Å²) in [6.45, 7) is 0. The number of rotatable bonds is 3. The van der Waals surface area contributed by atoms with Gasteiger partial charge in [-0.05, 0) is 8.55 Å². The van der Waals surface area contributed by atoms with Crippen LogP contribution < -0.4 is 22.9 Å². The van der Waals surface area contributed by atoms with Crippen LogP contribution in [0.2, 0.25) is 0 Å². The van der Waals surface area contributed by atoms with Gasteiger partial charge in [-0.1, -0.05) is 0 Å². The van der Waals surface area contributed by atoms with Crippen molar-refractivity contribution in [3.8, 4) is 0 Å². The fraction of sp³-hybridized carbons (Fsp3) is 1.00. The molecular formula is C3H18N4OSi4. The maximum Gasteiger partial charge on any atom is 0.159 e. The lowest BCUT2D eigenvalue weighted by molar-refractivity contribution is 0.402. The standard InChI is InChI=1S/C3H18N4OSi4/c4-2(1-3(5,6)7)12(8)10-9-11-12/h2,8H,1,4-7,9-11H2. The molecule has 5 nitrogen and oxygen atoms in total. The molecule has 1 fully saturated rings. The van der Waals surface area contributed by atoms with Crippen molar-refractivity contribution in [1.29, 1.82) is 0 Å². The zero-order chi connectivity index (χ0) is 9.41. The molecule has 0 spiro atoms. The average molecular weight is 239 g/mol. The van der Waals surface area contributed by atoms with Crippen molar-refractivity contribution < 1.29 is 4.80 Å². The van der Waals surface area contributed by atoms with Gasteiger partial charge in [-0.3, -0.25) is 0 Å². The van der Waals surface area contributed by atoms with Crippen molar-refractivity contribution in [3.05, 3.63) is 0 Å². The number of hydrogen-bond acceptors (Lipinski definition) is 5. The molecule has 1 aliphatic rings. The Morgan fingerprint density at radius 3 is 2.08 bits per heavy atom. The van der Waals surface area contributed by atoms with E-state index in [1.165, 1.54) is 0 Å². The number of nitrogens with two attached hydrogens (primary N) is 4. The van der Waals surface area contributed by atoms with E-state index in [1.54, 1.807) is 0 Å². The van der Waals surface area contributed by atoms with Gasteiger partial charge in [-0.2, -0.15) is 0 Å². The normalized spacial score (nSPS) is 38.8. The fourth-order valence-electron chi connectivity index (χ4n) is 1.48. The first-order chi connectivity index (χ1) is 5.33. The molecular weight excluding hydrogens is 220 g/mol. The topological polar surface area (TPSA) is 124 Å². The van der Waals surface area contributed by atoms with Crippen LogP contribution in [0.15, 0.2) is 0 Å². The predicted octanol–water partition coefficient (Wildman–Crippen LogP) is -5.95. The molecule has 0 radical (unpaired) electrons. The van der Waals surface area contributed by atoms with Crippen molar-refractivity contribution in [3.63, 3.8) is 0 Å². The lowest BCUT2D eigenvalue weighted by Crippen LogP contribution is -2.77. The Morgan fingerprint density at radius 2 is 1.83 bits per heavy atom. The van der Waals surface area contributed by atoms with E-state index >= 15 is 0 Å². The van der Waals surface area contributed by atoms with Gasteiger partial charge in [0.25, 0.3) is 0 Å². The van der Waals surface area contributed by atoms with Gasteiger partial charge < -0.3 is 27.7 Å². The Hall–Kier alpha value is 0.668. The average Bonchev–Trinajstić information content (AvgIpc) is 1.78. The maximum atomic E-state index is 10.0.